The highest BCUT2D eigenvalue weighted by molar-refractivity contribution is 7.91. The summed E-state index contributed by atoms with van der Waals surface area (Å²) < 4.78 is 43.0. The molecule has 0 saturated heterocycles. The van der Waals surface area contributed by atoms with Gasteiger partial charge in [0.25, 0.3) is 0 Å². The number of pyridine rings is 1. The fourth-order valence-corrected chi connectivity index (χ4v) is 4.52. The maximum atomic E-state index is 14.0. The molecule has 2 aromatic carbocycles. The number of aliphatic hydroxyl groups excluding tert-OH is 1. The molecule has 6 nitrogen and oxygen atoms in total. The molecule has 32 heavy (non-hydrogen) atoms. The maximum absolute atomic E-state index is 14.0. The van der Waals surface area contributed by atoms with Crippen molar-refractivity contribution in [3.8, 4) is 16.9 Å². The topological polar surface area (TPSA) is 93.6 Å². The van der Waals surface area contributed by atoms with Crippen molar-refractivity contribution >= 4 is 15.6 Å². The molecule has 8 heteroatoms. The zero-order valence-electron chi connectivity index (χ0n) is 17.4. The van der Waals surface area contributed by atoms with Gasteiger partial charge in [0.2, 0.25) is 0 Å². The van der Waals surface area contributed by atoms with Crippen LogP contribution >= 0.6 is 0 Å². The Morgan fingerprint density at radius 2 is 2.00 bits per heavy atom. The third-order valence-electron chi connectivity index (χ3n) is 5.42. The minimum absolute atomic E-state index is 0.112. The number of ketones is 1. The van der Waals surface area contributed by atoms with Crippen molar-refractivity contribution in [2.45, 2.75) is 12.5 Å². The molecule has 0 amide bonds. The Kier molecular flexibility index (Phi) is 6.08. The maximum Gasteiger partial charge on any atom is 0.178 e. The molecule has 0 spiro atoms. The number of halogens is 1. The molecule has 4 rings (SSSR count). The van der Waals surface area contributed by atoms with Crippen LogP contribution in [0.2, 0.25) is 0 Å². The molecule has 0 unspecified atom stereocenters. The average molecular weight is 456 g/mol. The van der Waals surface area contributed by atoms with Gasteiger partial charge >= 0.3 is 0 Å². The number of nitrogens with zero attached hydrogens (tertiary/aromatic N) is 1. The average Bonchev–Trinajstić information content (AvgIpc) is 2.75. The second kappa shape index (κ2) is 8.80. The van der Waals surface area contributed by atoms with Crippen LogP contribution in [-0.4, -0.2) is 42.9 Å². The van der Waals surface area contributed by atoms with Crippen molar-refractivity contribution in [2.75, 3.05) is 18.6 Å². The summed E-state index contributed by atoms with van der Waals surface area (Å²) in [6.07, 6.45) is 2.46. The molecule has 1 aliphatic heterocycles. The molecule has 0 aliphatic carbocycles. The molecule has 0 fully saturated rings. The zero-order valence-corrected chi connectivity index (χ0v) is 18.2. The number of aliphatic hydroxyl groups is 1. The Morgan fingerprint density at radius 1 is 1.19 bits per heavy atom. The van der Waals surface area contributed by atoms with Gasteiger partial charge in [0.05, 0.1) is 12.7 Å². The third-order valence-corrected chi connectivity index (χ3v) is 6.20. The molecule has 1 aromatic heterocycles. The van der Waals surface area contributed by atoms with E-state index in [9.17, 15) is 22.7 Å². The number of carbonyl (C=O) groups is 1. The molecule has 1 N–H and O–H groups in total. The van der Waals surface area contributed by atoms with Crippen LogP contribution in [0.3, 0.4) is 0 Å². The van der Waals surface area contributed by atoms with Gasteiger partial charge in [-0.3, -0.25) is 9.78 Å². The molecule has 1 aliphatic rings. The van der Waals surface area contributed by atoms with Gasteiger partial charge in [0.15, 0.2) is 15.6 Å². The standard InChI is InChI=1S/C24H22FNO5S/c1-32(29,30)14-22(27)19-8-6-17(25)12-21(19)15-5-7-20-23(11-15)31-13-16(24(20)28)10-18-4-2-3-9-26-18/h2-9,11-12,16,24,28H,10,13-14H2,1H3/t16-,24+/m1/s1. The second-order valence-corrected chi connectivity index (χ2v) is 10.1. The minimum Gasteiger partial charge on any atom is -0.493 e. The van der Waals surface area contributed by atoms with E-state index in [-0.39, 0.29) is 23.7 Å². The summed E-state index contributed by atoms with van der Waals surface area (Å²) in [5.41, 5.74) is 2.34. The summed E-state index contributed by atoms with van der Waals surface area (Å²) in [7, 11) is -3.54. The van der Waals surface area contributed by atoms with E-state index in [1.807, 2.05) is 18.2 Å². The van der Waals surface area contributed by atoms with E-state index in [2.05, 4.69) is 4.98 Å². The highest BCUT2D eigenvalue weighted by atomic mass is 32.2. The van der Waals surface area contributed by atoms with Gasteiger partial charge in [-0.25, -0.2) is 12.8 Å². The highest BCUT2D eigenvalue weighted by Gasteiger charge is 2.30. The van der Waals surface area contributed by atoms with Gasteiger partial charge in [-0.1, -0.05) is 18.2 Å². The third kappa shape index (κ3) is 4.87. The summed E-state index contributed by atoms with van der Waals surface area (Å²) in [6, 6.07) is 14.2. The molecule has 0 radical (unpaired) electrons. The number of hydrogen-bond acceptors (Lipinski definition) is 6. The van der Waals surface area contributed by atoms with E-state index in [4.69, 9.17) is 4.74 Å². The summed E-state index contributed by atoms with van der Waals surface area (Å²) in [5.74, 6) is -1.56. The van der Waals surface area contributed by atoms with E-state index >= 15 is 0 Å². The SMILES string of the molecule is CS(=O)(=O)CC(=O)c1ccc(F)cc1-c1ccc2c(c1)OC[C@@H](Cc1ccccn1)[C@@H]2O. The largest absolute Gasteiger partial charge is 0.493 e. The van der Waals surface area contributed by atoms with E-state index in [0.29, 0.717) is 23.3 Å². The Balaban J connectivity index is 1.65. The number of aromatic nitrogens is 1. The molecule has 2 heterocycles. The highest BCUT2D eigenvalue weighted by Crippen LogP contribution is 2.39. The number of hydrogen-bond donors (Lipinski definition) is 1. The van der Waals surface area contributed by atoms with Crippen LogP contribution in [0.4, 0.5) is 4.39 Å². The van der Waals surface area contributed by atoms with E-state index in [0.717, 1.165) is 18.0 Å². The Hall–Kier alpha value is -3.10. The fourth-order valence-electron chi connectivity index (χ4n) is 3.89. The predicted octanol–water partition coefficient (Wildman–Crippen LogP) is 3.40. The number of carbonyl (C=O) groups excluding carboxylic acids is 1. The smallest absolute Gasteiger partial charge is 0.178 e. The van der Waals surface area contributed by atoms with Crippen molar-refractivity contribution in [1.82, 2.24) is 4.98 Å². The monoisotopic (exact) mass is 455 g/mol. The number of benzene rings is 2. The van der Waals surface area contributed by atoms with Gasteiger partial charge in [-0.15, -0.1) is 0 Å². The van der Waals surface area contributed by atoms with Crippen molar-refractivity contribution in [2.24, 2.45) is 5.92 Å². The molecule has 3 aromatic rings. The quantitative estimate of drug-likeness (QED) is 0.573. The van der Waals surface area contributed by atoms with Crippen molar-refractivity contribution in [3.63, 3.8) is 0 Å². The summed E-state index contributed by atoms with van der Waals surface area (Å²) in [5, 5.41) is 10.9. The number of Topliss-reactive ketones (excluding diaryl/α,β-unsaturated/α-hetero) is 1. The van der Waals surface area contributed by atoms with Gasteiger partial charge in [0, 0.05) is 35.2 Å². The van der Waals surface area contributed by atoms with Crippen LogP contribution in [0.15, 0.2) is 60.8 Å². The number of sulfone groups is 1. The van der Waals surface area contributed by atoms with E-state index in [1.54, 1.807) is 24.4 Å². The first-order valence-electron chi connectivity index (χ1n) is 10.1. The molecule has 166 valence electrons. The lowest BCUT2D eigenvalue weighted by molar-refractivity contribution is 0.0503. The number of ether oxygens (including phenoxy) is 1. The van der Waals surface area contributed by atoms with E-state index in [1.165, 1.54) is 12.1 Å². The van der Waals surface area contributed by atoms with Crippen LogP contribution in [0.1, 0.15) is 27.7 Å². The summed E-state index contributed by atoms with van der Waals surface area (Å²) >= 11 is 0. The predicted molar refractivity (Wildman–Crippen MR) is 118 cm³/mol. The van der Waals surface area contributed by atoms with Crippen LogP contribution in [0, 0.1) is 11.7 Å². The molecular formula is C24H22FNO5S. The molecule has 0 saturated carbocycles. The first-order valence-corrected chi connectivity index (χ1v) is 12.1. The van der Waals surface area contributed by atoms with E-state index < -0.39 is 33.3 Å². The lowest BCUT2D eigenvalue weighted by Gasteiger charge is -2.30. The van der Waals surface area contributed by atoms with Gasteiger partial charge < -0.3 is 9.84 Å². The van der Waals surface area contributed by atoms with Gasteiger partial charge in [-0.05, 0) is 53.9 Å². The lowest BCUT2D eigenvalue weighted by atomic mass is 9.88. The first-order chi connectivity index (χ1) is 15.2. The van der Waals surface area contributed by atoms with Crippen LogP contribution in [0.5, 0.6) is 5.75 Å². The number of fused-ring (bicyclic) bond motifs is 1. The van der Waals surface area contributed by atoms with Crippen molar-refractivity contribution in [1.29, 1.82) is 0 Å². The normalized spacial score (nSPS) is 18.0. The Bertz CT molecular complexity index is 1260. The van der Waals surface area contributed by atoms with Crippen LogP contribution in [-0.2, 0) is 16.3 Å². The molecule has 2 atom stereocenters. The Morgan fingerprint density at radius 3 is 2.72 bits per heavy atom. The molecular weight excluding hydrogens is 433 g/mol. The lowest BCUT2D eigenvalue weighted by Crippen LogP contribution is -2.28. The fraction of sp³-hybridized carbons (Fsp3) is 0.250. The Labute approximate surface area is 185 Å². The zero-order chi connectivity index (χ0) is 22.9. The summed E-state index contributed by atoms with van der Waals surface area (Å²) in [6.45, 7) is 0.275. The second-order valence-electron chi connectivity index (χ2n) is 7.98. The van der Waals surface area contributed by atoms with Crippen molar-refractivity contribution < 1.29 is 27.4 Å². The van der Waals surface area contributed by atoms with Crippen LogP contribution < -0.4 is 4.74 Å². The van der Waals surface area contributed by atoms with Gasteiger partial charge in [0.1, 0.15) is 17.3 Å². The van der Waals surface area contributed by atoms with Gasteiger partial charge in [-0.2, -0.15) is 0 Å². The summed E-state index contributed by atoms with van der Waals surface area (Å²) in [4.78, 5) is 16.8. The molecule has 0 bridgehead atoms. The first kappa shape index (κ1) is 22.1. The van der Waals surface area contributed by atoms with Crippen LogP contribution in [0.25, 0.3) is 11.1 Å². The number of rotatable bonds is 6. The minimum atomic E-state index is -3.54. The van der Waals surface area contributed by atoms with Crippen molar-refractivity contribution in [3.05, 3.63) is 83.4 Å².